The number of phenols is 1. The summed E-state index contributed by atoms with van der Waals surface area (Å²) in [5, 5.41) is 31.6. The van der Waals surface area contributed by atoms with E-state index < -0.39 is 22.5 Å². The number of carboxylic acid groups (broad SMARTS) is 1. The number of likely N-dealkylation sites (N-methyl/N-ethyl adjacent to an activating group) is 1. The Bertz CT molecular complexity index is 1060. The number of carboxylic acids is 1. The number of H-pyrrole nitrogens is 1. The summed E-state index contributed by atoms with van der Waals surface area (Å²) in [6, 6.07) is 6.38. The lowest BCUT2D eigenvalue weighted by Crippen LogP contribution is -2.70. The van der Waals surface area contributed by atoms with E-state index in [2.05, 4.69) is 9.88 Å². The summed E-state index contributed by atoms with van der Waals surface area (Å²) >= 11 is 0. The minimum atomic E-state index is -1.28. The molecule has 0 saturated carbocycles. The molecule has 3 atom stereocenters. The van der Waals surface area contributed by atoms with E-state index in [0.29, 0.717) is 24.1 Å². The molecule has 7 heteroatoms. The summed E-state index contributed by atoms with van der Waals surface area (Å²) in [6.45, 7) is 4.69. The van der Waals surface area contributed by atoms with Crippen molar-refractivity contribution in [1.29, 1.82) is 0 Å². The standard InChI is InChI=1S/C22H26N2O5/c1-12-4-5-15(25)9-17(12)21-6-7-24(3)13(2)22(21,29)10-14-8-16(20(27)28)19(26)23-18(14)11-21/h4-5,8-9,13,25,29H,6-7,10-11H2,1-3H3,(H,23,26)(H,27,28). The molecule has 7 nitrogen and oxygen atoms in total. The van der Waals surface area contributed by atoms with Crippen LogP contribution in [-0.2, 0) is 18.3 Å². The molecule has 4 N–H and O–H groups in total. The normalized spacial score (nSPS) is 29.2. The van der Waals surface area contributed by atoms with E-state index in [4.69, 9.17) is 0 Å². The SMILES string of the molecule is Cc1ccc(O)cc1C12CCN(C)C(C)C1(O)Cc1cc(C(=O)O)c(=O)[nH]c1C2. The molecular formula is C22H26N2O5. The highest BCUT2D eigenvalue weighted by Crippen LogP contribution is 2.53. The van der Waals surface area contributed by atoms with Crippen molar-refractivity contribution in [2.75, 3.05) is 13.6 Å². The van der Waals surface area contributed by atoms with E-state index in [9.17, 15) is 24.9 Å². The van der Waals surface area contributed by atoms with Gasteiger partial charge in [-0.15, -0.1) is 0 Å². The molecule has 3 unspecified atom stereocenters. The second-order valence-corrected chi connectivity index (χ2v) is 8.59. The first-order chi connectivity index (χ1) is 13.6. The zero-order valence-corrected chi connectivity index (χ0v) is 16.8. The maximum Gasteiger partial charge on any atom is 0.341 e. The molecule has 0 spiro atoms. The van der Waals surface area contributed by atoms with Crippen LogP contribution >= 0.6 is 0 Å². The number of nitrogens with one attached hydrogen (secondary N) is 1. The van der Waals surface area contributed by atoms with Crippen LogP contribution in [0.15, 0.2) is 29.1 Å². The number of hydrogen-bond donors (Lipinski definition) is 4. The number of aryl methyl sites for hydroxylation is 1. The number of piperidine rings is 1. The monoisotopic (exact) mass is 398 g/mol. The van der Waals surface area contributed by atoms with Gasteiger partial charge in [0, 0.05) is 30.0 Å². The van der Waals surface area contributed by atoms with Crippen LogP contribution in [0, 0.1) is 6.92 Å². The first kappa shape index (κ1) is 19.7. The number of aromatic carboxylic acids is 1. The number of carbonyl (C=O) groups is 1. The molecular weight excluding hydrogens is 372 g/mol. The second kappa shape index (κ2) is 6.43. The Morgan fingerprint density at radius 1 is 1.28 bits per heavy atom. The molecule has 2 aromatic rings. The molecule has 0 radical (unpaired) electrons. The Labute approximate surface area is 168 Å². The lowest BCUT2D eigenvalue weighted by Gasteiger charge is -2.59. The zero-order valence-electron chi connectivity index (χ0n) is 16.8. The van der Waals surface area contributed by atoms with Crippen LogP contribution in [0.1, 0.15) is 46.1 Å². The van der Waals surface area contributed by atoms with Crippen LogP contribution in [0.2, 0.25) is 0 Å². The van der Waals surface area contributed by atoms with E-state index in [1.165, 1.54) is 6.07 Å². The highest BCUT2D eigenvalue weighted by Gasteiger charge is 2.60. The molecule has 1 aliphatic heterocycles. The van der Waals surface area contributed by atoms with Crippen LogP contribution in [-0.4, -0.2) is 56.4 Å². The van der Waals surface area contributed by atoms with E-state index in [1.54, 1.807) is 12.1 Å². The van der Waals surface area contributed by atoms with Gasteiger partial charge < -0.3 is 25.2 Å². The molecule has 0 bridgehead atoms. The van der Waals surface area contributed by atoms with Gasteiger partial charge in [-0.25, -0.2) is 4.79 Å². The van der Waals surface area contributed by atoms with Crippen LogP contribution in [0.5, 0.6) is 5.75 Å². The Morgan fingerprint density at radius 3 is 2.69 bits per heavy atom. The van der Waals surface area contributed by atoms with Gasteiger partial charge in [0.25, 0.3) is 5.56 Å². The number of hydrogen-bond acceptors (Lipinski definition) is 5. The maximum absolute atomic E-state index is 12.3. The number of aliphatic hydroxyl groups is 1. The molecule has 1 aliphatic carbocycles. The Morgan fingerprint density at radius 2 is 2.00 bits per heavy atom. The molecule has 1 aromatic carbocycles. The van der Waals surface area contributed by atoms with Crippen molar-refractivity contribution in [2.45, 2.75) is 50.2 Å². The van der Waals surface area contributed by atoms with E-state index >= 15 is 0 Å². The number of fused-ring (bicyclic) bond motifs is 2. The summed E-state index contributed by atoms with van der Waals surface area (Å²) < 4.78 is 0. The fourth-order valence-corrected chi connectivity index (χ4v) is 5.37. The third-order valence-electron chi connectivity index (χ3n) is 7.19. The highest BCUT2D eigenvalue weighted by atomic mass is 16.4. The average molecular weight is 398 g/mol. The van der Waals surface area contributed by atoms with Crippen LogP contribution in [0.25, 0.3) is 0 Å². The smallest absolute Gasteiger partial charge is 0.341 e. The van der Waals surface area contributed by atoms with Crippen molar-refractivity contribution in [3.8, 4) is 5.75 Å². The van der Waals surface area contributed by atoms with Crippen molar-refractivity contribution in [1.82, 2.24) is 9.88 Å². The van der Waals surface area contributed by atoms with Crippen LogP contribution in [0.3, 0.4) is 0 Å². The van der Waals surface area contributed by atoms with Gasteiger partial charge in [0.1, 0.15) is 11.3 Å². The summed E-state index contributed by atoms with van der Waals surface area (Å²) in [6.07, 6.45) is 1.24. The fourth-order valence-electron chi connectivity index (χ4n) is 5.37. The van der Waals surface area contributed by atoms with Crippen molar-refractivity contribution in [2.24, 2.45) is 0 Å². The number of phenolic OH excluding ortho intramolecular Hbond substituents is 1. The molecule has 154 valence electrons. The molecule has 2 aliphatic rings. The molecule has 2 heterocycles. The Hall–Kier alpha value is -2.64. The van der Waals surface area contributed by atoms with E-state index in [-0.39, 0.29) is 23.8 Å². The molecule has 4 rings (SSSR count). The van der Waals surface area contributed by atoms with Gasteiger partial charge in [-0.3, -0.25) is 4.79 Å². The van der Waals surface area contributed by atoms with Crippen LogP contribution in [0.4, 0.5) is 0 Å². The largest absolute Gasteiger partial charge is 0.508 e. The topological polar surface area (TPSA) is 114 Å². The van der Waals surface area contributed by atoms with Gasteiger partial charge in [0.2, 0.25) is 0 Å². The quantitative estimate of drug-likeness (QED) is 0.611. The summed E-state index contributed by atoms with van der Waals surface area (Å²) in [5.74, 6) is -1.15. The number of aromatic nitrogens is 1. The van der Waals surface area contributed by atoms with Gasteiger partial charge in [-0.1, -0.05) is 6.07 Å². The van der Waals surface area contributed by atoms with Gasteiger partial charge >= 0.3 is 5.97 Å². The third-order valence-corrected chi connectivity index (χ3v) is 7.19. The number of likely N-dealkylation sites (tertiary alicyclic amines) is 1. The Kier molecular flexibility index (Phi) is 4.36. The highest BCUT2D eigenvalue weighted by molar-refractivity contribution is 5.87. The predicted molar refractivity (Wildman–Crippen MR) is 108 cm³/mol. The number of aromatic amines is 1. The second-order valence-electron chi connectivity index (χ2n) is 8.59. The summed E-state index contributed by atoms with van der Waals surface area (Å²) in [4.78, 5) is 28.6. The maximum atomic E-state index is 12.3. The van der Waals surface area contributed by atoms with Gasteiger partial charge in [-0.05, 0) is 68.8 Å². The number of rotatable bonds is 2. The molecule has 0 amide bonds. The average Bonchev–Trinajstić information content (AvgIpc) is 2.66. The van der Waals surface area contributed by atoms with Crippen molar-refractivity contribution >= 4 is 5.97 Å². The zero-order chi connectivity index (χ0) is 21.1. The molecule has 29 heavy (non-hydrogen) atoms. The van der Waals surface area contributed by atoms with Crippen molar-refractivity contribution in [3.05, 3.63) is 62.6 Å². The number of aromatic hydroxyl groups is 1. The predicted octanol–water partition coefficient (Wildman–Crippen LogP) is 1.58. The molecule has 1 aromatic heterocycles. The first-order valence-electron chi connectivity index (χ1n) is 9.80. The van der Waals surface area contributed by atoms with Gasteiger partial charge in [0.15, 0.2) is 0 Å². The fraction of sp³-hybridized carbons (Fsp3) is 0.455. The minimum absolute atomic E-state index is 0.134. The third kappa shape index (κ3) is 2.72. The number of benzene rings is 1. The van der Waals surface area contributed by atoms with Crippen molar-refractivity contribution in [3.63, 3.8) is 0 Å². The lowest BCUT2D eigenvalue weighted by atomic mass is 9.53. The van der Waals surface area contributed by atoms with Crippen LogP contribution < -0.4 is 5.56 Å². The van der Waals surface area contributed by atoms with Crippen molar-refractivity contribution < 1.29 is 20.1 Å². The van der Waals surface area contributed by atoms with E-state index in [0.717, 1.165) is 17.7 Å². The summed E-state index contributed by atoms with van der Waals surface area (Å²) in [5.41, 5.74) is 0.293. The minimum Gasteiger partial charge on any atom is -0.508 e. The number of pyridine rings is 1. The van der Waals surface area contributed by atoms with E-state index in [1.807, 2.05) is 27.0 Å². The lowest BCUT2D eigenvalue weighted by molar-refractivity contribution is -0.132. The molecule has 1 fully saturated rings. The molecule has 1 saturated heterocycles. The summed E-state index contributed by atoms with van der Waals surface area (Å²) in [7, 11) is 1.97. The first-order valence-corrected chi connectivity index (χ1v) is 9.80. The number of nitrogens with zero attached hydrogens (tertiary/aromatic N) is 1. The Balaban J connectivity index is 1.98. The van der Waals surface area contributed by atoms with Gasteiger partial charge in [-0.2, -0.15) is 0 Å². The van der Waals surface area contributed by atoms with Gasteiger partial charge in [0.05, 0.1) is 5.60 Å².